The van der Waals surface area contributed by atoms with E-state index in [0.29, 0.717) is 6.04 Å². The highest BCUT2D eigenvalue weighted by atomic mass is 15.6. The van der Waals surface area contributed by atoms with Gasteiger partial charge >= 0.3 is 0 Å². The molecule has 1 N–H and O–H groups in total. The normalized spacial score (nSPS) is 17.9. The van der Waals surface area contributed by atoms with E-state index in [9.17, 15) is 0 Å². The SMILES string of the molecule is CCCNCc1nnnn1C1CCc2ccccc2C1. The standard InChI is InChI=1S/C15H21N5/c1-2-9-16-11-15-17-18-19-20(15)14-8-7-12-5-3-4-6-13(12)10-14/h3-6,14,16H,2,7-11H2,1H3. The van der Waals surface area contributed by atoms with Crippen LogP contribution in [0.3, 0.4) is 0 Å². The molecule has 20 heavy (non-hydrogen) atoms. The summed E-state index contributed by atoms with van der Waals surface area (Å²) in [4.78, 5) is 0. The first-order valence-electron chi connectivity index (χ1n) is 7.42. The van der Waals surface area contributed by atoms with Gasteiger partial charge in [-0.25, -0.2) is 4.68 Å². The lowest BCUT2D eigenvalue weighted by Crippen LogP contribution is -2.24. The van der Waals surface area contributed by atoms with Crippen molar-refractivity contribution in [2.75, 3.05) is 6.54 Å². The molecule has 2 aromatic rings. The van der Waals surface area contributed by atoms with E-state index in [2.05, 4.69) is 52.0 Å². The average Bonchev–Trinajstić information content (AvgIpc) is 2.95. The molecule has 5 nitrogen and oxygen atoms in total. The quantitative estimate of drug-likeness (QED) is 0.844. The third-order valence-electron chi connectivity index (χ3n) is 3.94. The van der Waals surface area contributed by atoms with E-state index in [-0.39, 0.29) is 0 Å². The number of hydrogen-bond donors (Lipinski definition) is 1. The first-order valence-corrected chi connectivity index (χ1v) is 7.42. The summed E-state index contributed by atoms with van der Waals surface area (Å²) < 4.78 is 2.01. The number of tetrazole rings is 1. The number of aromatic nitrogens is 4. The number of benzene rings is 1. The van der Waals surface area contributed by atoms with Crippen molar-refractivity contribution in [3.63, 3.8) is 0 Å². The molecule has 1 unspecified atom stereocenters. The number of nitrogens with one attached hydrogen (secondary N) is 1. The monoisotopic (exact) mass is 271 g/mol. The molecule has 0 saturated carbocycles. The molecule has 0 amide bonds. The van der Waals surface area contributed by atoms with Gasteiger partial charge in [-0.05, 0) is 53.8 Å². The first kappa shape index (κ1) is 13.2. The zero-order valence-corrected chi connectivity index (χ0v) is 11.9. The Labute approximate surface area is 119 Å². The molecule has 1 heterocycles. The molecule has 1 atom stereocenters. The van der Waals surface area contributed by atoms with Crippen LogP contribution in [0.5, 0.6) is 0 Å². The van der Waals surface area contributed by atoms with Crippen molar-refractivity contribution in [1.82, 2.24) is 25.5 Å². The van der Waals surface area contributed by atoms with E-state index in [4.69, 9.17) is 0 Å². The largest absolute Gasteiger partial charge is 0.310 e. The van der Waals surface area contributed by atoms with Crippen LogP contribution in [0.15, 0.2) is 24.3 Å². The zero-order valence-electron chi connectivity index (χ0n) is 11.9. The molecule has 0 saturated heterocycles. The second-order valence-corrected chi connectivity index (χ2v) is 5.38. The van der Waals surface area contributed by atoms with Gasteiger partial charge in [-0.1, -0.05) is 31.2 Å². The van der Waals surface area contributed by atoms with Gasteiger partial charge < -0.3 is 5.32 Å². The fourth-order valence-corrected chi connectivity index (χ4v) is 2.88. The highest BCUT2D eigenvalue weighted by molar-refractivity contribution is 5.30. The maximum absolute atomic E-state index is 4.21. The van der Waals surface area contributed by atoms with Crippen molar-refractivity contribution in [2.45, 2.75) is 45.2 Å². The summed E-state index contributed by atoms with van der Waals surface area (Å²) in [7, 11) is 0. The first-order chi connectivity index (χ1) is 9.88. The smallest absolute Gasteiger partial charge is 0.165 e. The molecule has 106 valence electrons. The summed E-state index contributed by atoms with van der Waals surface area (Å²) in [6, 6.07) is 9.08. The van der Waals surface area contributed by atoms with Gasteiger partial charge in [-0.15, -0.1) is 5.10 Å². The minimum atomic E-state index is 0.387. The molecule has 1 aliphatic carbocycles. The van der Waals surface area contributed by atoms with Crippen LogP contribution in [0.2, 0.25) is 0 Å². The molecule has 0 bridgehead atoms. The summed E-state index contributed by atoms with van der Waals surface area (Å²) >= 11 is 0. The summed E-state index contributed by atoms with van der Waals surface area (Å²) in [5.74, 6) is 0.947. The second kappa shape index (κ2) is 6.13. The predicted octanol–water partition coefficient (Wildman–Crippen LogP) is 1.90. The van der Waals surface area contributed by atoms with Crippen molar-refractivity contribution in [3.8, 4) is 0 Å². The van der Waals surface area contributed by atoms with Crippen molar-refractivity contribution >= 4 is 0 Å². The third kappa shape index (κ3) is 2.72. The van der Waals surface area contributed by atoms with E-state index in [1.807, 2.05) is 4.68 Å². The average molecular weight is 271 g/mol. The van der Waals surface area contributed by atoms with Crippen LogP contribution in [0, 0.1) is 0 Å². The number of fused-ring (bicyclic) bond motifs is 1. The minimum Gasteiger partial charge on any atom is -0.310 e. The topological polar surface area (TPSA) is 55.6 Å². The molecule has 1 aliphatic rings. The summed E-state index contributed by atoms with van der Waals surface area (Å²) in [6.07, 6.45) is 4.38. The van der Waals surface area contributed by atoms with Crippen LogP contribution in [-0.4, -0.2) is 26.8 Å². The molecule has 0 aliphatic heterocycles. The van der Waals surface area contributed by atoms with Crippen LogP contribution in [0.4, 0.5) is 0 Å². The van der Waals surface area contributed by atoms with Gasteiger partial charge in [0, 0.05) is 0 Å². The van der Waals surface area contributed by atoms with Crippen molar-refractivity contribution in [3.05, 3.63) is 41.2 Å². The molecule has 5 heteroatoms. The van der Waals surface area contributed by atoms with Crippen LogP contribution in [-0.2, 0) is 19.4 Å². The highest BCUT2D eigenvalue weighted by Gasteiger charge is 2.22. The fraction of sp³-hybridized carbons (Fsp3) is 0.533. The van der Waals surface area contributed by atoms with Crippen molar-refractivity contribution in [2.24, 2.45) is 0 Å². The Kier molecular flexibility index (Phi) is 4.06. The van der Waals surface area contributed by atoms with Gasteiger partial charge in [0.25, 0.3) is 0 Å². The van der Waals surface area contributed by atoms with Gasteiger partial charge in [-0.3, -0.25) is 0 Å². The van der Waals surface area contributed by atoms with Gasteiger partial charge in [0.2, 0.25) is 0 Å². The Morgan fingerprint density at radius 3 is 3.00 bits per heavy atom. The maximum Gasteiger partial charge on any atom is 0.165 e. The fourth-order valence-electron chi connectivity index (χ4n) is 2.88. The molecular weight excluding hydrogens is 250 g/mol. The molecule has 1 aromatic carbocycles. The lowest BCUT2D eigenvalue weighted by atomic mass is 9.88. The van der Waals surface area contributed by atoms with E-state index in [1.54, 1.807) is 0 Å². The molecule has 0 fully saturated rings. The number of aryl methyl sites for hydroxylation is 1. The summed E-state index contributed by atoms with van der Waals surface area (Å²) in [5, 5.41) is 15.6. The second-order valence-electron chi connectivity index (χ2n) is 5.38. The Morgan fingerprint density at radius 2 is 2.15 bits per heavy atom. The lowest BCUT2D eigenvalue weighted by Gasteiger charge is -2.25. The minimum absolute atomic E-state index is 0.387. The van der Waals surface area contributed by atoms with Gasteiger partial charge in [0.15, 0.2) is 5.82 Å². The van der Waals surface area contributed by atoms with Crippen LogP contribution in [0.1, 0.15) is 42.8 Å². The van der Waals surface area contributed by atoms with Gasteiger partial charge in [-0.2, -0.15) is 0 Å². The molecular formula is C15H21N5. The Bertz CT molecular complexity index is 563. The Hall–Kier alpha value is -1.75. The van der Waals surface area contributed by atoms with Crippen molar-refractivity contribution in [1.29, 1.82) is 0 Å². The zero-order chi connectivity index (χ0) is 13.8. The lowest BCUT2D eigenvalue weighted by molar-refractivity contribution is 0.380. The van der Waals surface area contributed by atoms with Crippen LogP contribution >= 0.6 is 0 Å². The van der Waals surface area contributed by atoms with Gasteiger partial charge in [0.05, 0.1) is 12.6 Å². The molecule has 0 radical (unpaired) electrons. The van der Waals surface area contributed by atoms with E-state index in [1.165, 1.54) is 11.1 Å². The number of rotatable bonds is 5. The predicted molar refractivity (Wildman–Crippen MR) is 77.3 cm³/mol. The van der Waals surface area contributed by atoms with Crippen LogP contribution in [0.25, 0.3) is 0 Å². The highest BCUT2D eigenvalue weighted by Crippen LogP contribution is 2.28. The van der Waals surface area contributed by atoms with Crippen LogP contribution < -0.4 is 5.32 Å². The van der Waals surface area contributed by atoms with Gasteiger partial charge in [0.1, 0.15) is 0 Å². The Balaban J connectivity index is 1.73. The van der Waals surface area contributed by atoms with E-state index < -0.39 is 0 Å². The molecule has 0 spiro atoms. The maximum atomic E-state index is 4.21. The summed E-state index contributed by atoms with van der Waals surface area (Å²) in [5.41, 5.74) is 2.91. The molecule has 3 rings (SSSR count). The Morgan fingerprint density at radius 1 is 1.30 bits per heavy atom. The number of nitrogens with zero attached hydrogens (tertiary/aromatic N) is 4. The van der Waals surface area contributed by atoms with E-state index >= 15 is 0 Å². The third-order valence-corrected chi connectivity index (χ3v) is 3.94. The van der Waals surface area contributed by atoms with Crippen molar-refractivity contribution < 1.29 is 0 Å². The summed E-state index contributed by atoms with van der Waals surface area (Å²) in [6.45, 7) is 3.91. The molecule has 1 aromatic heterocycles. The van der Waals surface area contributed by atoms with E-state index in [0.717, 1.165) is 44.6 Å². The number of hydrogen-bond acceptors (Lipinski definition) is 4.